The highest BCUT2D eigenvalue weighted by Gasteiger charge is 2.19. The van der Waals surface area contributed by atoms with Crippen LogP contribution in [0.15, 0.2) is 77.7 Å². The largest absolute Gasteiger partial charge is 0.481 e. The number of rotatable bonds is 10. The SMILES string of the molecule is O=C(O)CC(CCNS(=O)(=O)c1ccc(Cl)cc1)c1cccc(Oc2ccc(F)cc2)c1. The average molecular weight is 478 g/mol. The van der Waals surface area contributed by atoms with Crippen molar-refractivity contribution in [1.29, 1.82) is 0 Å². The van der Waals surface area contributed by atoms with Crippen LogP contribution in [0.3, 0.4) is 0 Å². The van der Waals surface area contributed by atoms with E-state index >= 15 is 0 Å². The lowest BCUT2D eigenvalue weighted by atomic mass is 9.92. The highest BCUT2D eigenvalue weighted by molar-refractivity contribution is 7.89. The minimum atomic E-state index is -3.75. The number of carboxylic acids is 1. The minimum absolute atomic E-state index is 0.0476. The van der Waals surface area contributed by atoms with Gasteiger partial charge in [0.2, 0.25) is 10.0 Å². The lowest BCUT2D eigenvalue weighted by Crippen LogP contribution is -2.26. The van der Waals surface area contributed by atoms with Crippen molar-refractivity contribution in [3.8, 4) is 11.5 Å². The van der Waals surface area contributed by atoms with Crippen LogP contribution in [0, 0.1) is 5.82 Å². The molecule has 6 nitrogen and oxygen atoms in total. The van der Waals surface area contributed by atoms with Crippen molar-refractivity contribution < 1.29 is 27.4 Å². The van der Waals surface area contributed by atoms with Gasteiger partial charge in [0.25, 0.3) is 0 Å². The summed E-state index contributed by atoms with van der Waals surface area (Å²) >= 11 is 5.80. The second-order valence-corrected chi connectivity index (χ2v) is 9.27. The molecule has 32 heavy (non-hydrogen) atoms. The molecule has 9 heteroatoms. The van der Waals surface area contributed by atoms with E-state index in [1.165, 1.54) is 48.5 Å². The summed E-state index contributed by atoms with van der Waals surface area (Å²) in [6.45, 7) is 0.0476. The fraction of sp³-hybridized carbons (Fsp3) is 0.174. The first-order chi connectivity index (χ1) is 15.2. The molecule has 0 saturated heterocycles. The summed E-state index contributed by atoms with van der Waals surface area (Å²) in [6, 6.07) is 18.2. The minimum Gasteiger partial charge on any atom is -0.481 e. The molecular weight excluding hydrogens is 457 g/mol. The fourth-order valence-corrected chi connectivity index (χ4v) is 4.31. The first-order valence-corrected chi connectivity index (χ1v) is 11.6. The predicted octanol–water partition coefficient (Wildman–Crippen LogP) is 5.20. The van der Waals surface area contributed by atoms with Crippen LogP contribution in [0.4, 0.5) is 4.39 Å². The molecule has 0 saturated carbocycles. The molecule has 0 radical (unpaired) electrons. The van der Waals surface area contributed by atoms with E-state index in [4.69, 9.17) is 16.3 Å². The van der Waals surface area contributed by atoms with Crippen molar-refractivity contribution in [3.63, 3.8) is 0 Å². The maximum absolute atomic E-state index is 13.1. The van der Waals surface area contributed by atoms with Gasteiger partial charge in [0, 0.05) is 11.6 Å². The van der Waals surface area contributed by atoms with Crippen LogP contribution in [0.2, 0.25) is 5.02 Å². The summed E-state index contributed by atoms with van der Waals surface area (Å²) < 4.78 is 46.2. The lowest BCUT2D eigenvalue weighted by molar-refractivity contribution is -0.137. The summed E-state index contributed by atoms with van der Waals surface area (Å²) in [7, 11) is -3.75. The van der Waals surface area contributed by atoms with Crippen LogP contribution >= 0.6 is 11.6 Å². The van der Waals surface area contributed by atoms with E-state index < -0.39 is 21.9 Å². The standard InChI is InChI=1S/C23H21ClFNO5S/c24-18-4-10-22(11-5-18)32(29,30)26-13-12-17(15-23(27)28)16-2-1-3-21(14-16)31-20-8-6-19(25)7-9-20/h1-11,14,17,26H,12-13,15H2,(H,27,28). The summed E-state index contributed by atoms with van der Waals surface area (Å²) in [4.78, 5) is 11.5. The number of hydrogen-bond acceptors (Lipinski definition) is 4. The molecule has 0 heterocycles. The van der Waals surface area contributed by atoms with E-state index in [0.29, 0.717) is 22.1 Å². The van der Waals surface area contributed by atoms with E-state index in [0.717, 1.165) is 0 Å². The predicted molar refractivity (Wildman–Crippen MR) is 119 cm³/mol. The Hall–Kier alpha value is -2.94. The summed E-state index contributed by atoms with van der Waals surface area (Å²) in [6.07, 6.45) is 0.0851. The van der Waals surface area contributed by atoms with E-state index in [1.54, 1.807) is 24.3 Å². The zero-order valence-electron chi connectivity index (χ0n) is 16.9. The van der Waals surface area contributed by atoms with Crippen LogP contribution in [0.25, 0.3) is 0 Å². The molecule has 2 N–H and O–H groups in total. The molecule has 0 fully saturated rings. The molecule has 0 aliphatic carbocycles. The Morgan fingerprint density at radius 2 is 1.72 bits per heavy atom. The van der Waals surface area contributed by atoms with Crippen molar-refractivity contribution >= 4 is 27.6 Å². The Labute approximate surface area is 190 Å². The number of ether oxygens (including phenoxy) is 1. The van der Waals surface area contributed by atoms with Gasteiger partial charge in [-0.05, 0) is 78.6 Å². The van der Waals surface area contributed by atoms with Gasteiger partial charge in [-0.3, -0.25) is 4.79 Å². The molecule has 1 atom stereocenters. The lowest BCUT2D eigenvalue weighted by Gasteiger charge is -2.17. The van der Waals surface area contributed by atoms with Crippen LogP contribution in [0.1, 0.15) is 24.3 Å². The third-order valence-corrected chi connectivity index (χ3v) is 6.44. The van der Waals surface area contributed by atoms with Crippen LogP contribution in [-0.4, -0.2) is 26.0 Å². The molecule has 0 spiro atoms. The number of sulfonamides is 1. The van der Waals surface area contributed by atoms with Gasteiger partial charge in [0.05, 0.1) is 11.3 Å². The van der Waals surface area contributed by atoms with Crippen molar-refractivity contribution in [2.75, 3.05) is 6.54 Å². The van der Waals surface area contributed by atoms with Gasteiger partial charge < -0.3 is 9.84 Å². The molecule has 3 aromatic carbocycles. The zero-order chi connectivity index (χ0) is 23.1. The fourth-order valence-electron chi connectivity index (χ4n) is 3.13. The van der Waals surface area contributed by atoms with Crippen molar-refractivity contribution in [1.82, 2.24) is 4.72 Å². The van der Waals surface area contributed by atoms with Gasteiger partial charge in [-0.25, -0.2) is 17.5 Å². The van der Waals surface area contributed by atoms with Gasteiger partial charge in [-0.2, -0.15) is 0 Å². The molecule has 3 aromatic rings. The Balaban J connectivity index is 1.70. The van der Waals surface area contributed by atoms with Crippen LogP contribution in [0.5, 0.6) is 11.5 Å². The maximum atomic E-state index is 13.1. The first kappa shape index (κ1) is 23.7. The molecule has 168 valence electrons. The van der Waals surface area contributed by atoms with Gasteiger partial charge in [0.15, 0.2) is 0 Å². The second-order valence-electron chi connectivity index (χ2n) is 7.06. The van der Waals surface area contributed by atoms with Crippen LogP contribution in [-0.2, 0) is 14.8 Å². The Kier molecular flexibility index (Phi) is 7.84. The van der Waals surface area contributed by atoms with Gasteiger partial charge in [-0.1, -0.05) is 23.7 Å². The summed E-state index contributed by atoms with van der Waals surface area (Å²) in [5, 5.41) is 9.75. The number of hydrogen-bond donors (Lipinski definition) is 2. The quantitative estimate of drug-likeness (QED) is 0.418. The van der Waals surface area contributed by atoms with Gasteiger partial charge in [-0.15, -0.1) is 0 Å². The summed E-state index contributed by atoms with van der Waals surface area (Å²) in [5.41, 5.74) is 0.692. The second kappa shape index (κ2) is 10.6. The van der Waals surface area contributed by atoms with Crippen molar-refractivity contribution in [2.24, 2.45) is 0 Å². The van der Waals surface area contributed by atoms with Crippen LogP contribution < -0.4 is 9.46 Å². The average Bonchev–Trinajstić information content (AvgIpc) is 2.75. The molecular formula is C23H21ClFNO5S. The molecule has 0 aliphatic rings. The number of halogens is 2. The number of carbonyl (C=O) groups is 1. The van der Waals surface area contributed by atoms with Crippen molar-refractivity contribution in [3.05, 3.63) is 89.2 Å². The van der Waals surface area contributed by atoms with E-state index in [2.05, 4.69) is 4.72 Å². The highest BCUT2D eigenvalue weighted by atomic mass is 35.5. The van der Waals surface area contributed by atoms with E-state index in [-0.39, 0.29) is 30.1 Å². The molecule has 1 unspecified atom stereocenters. The molecule has 0 amide bonds. The highest BCUT2D eigenvalue weighted by Crippen LogP contribution is 2.29. The van der Waals surface area contributed by atoms with E-state index in [1.807, 2.05) is 0 Å². The third-order valence-electron chi connectivity index (χ3n) is 4.71. The Bertz CT molecular complexity index is 1170. The number of benzene rings is 3. The monoisotopic (exact) mass is 477 g/mol. The number of carboxylic acid groups (broad SMARTS) is 1. The maximum Gasteiger partial charge on any atom is 0.303 e. The smallest absolute Gasteiger partial charge is 0.303 e. The van der Waals surface area contributed by atoms with Crippen molar-refractivity contribution in [2.45, 2.75) is 23.7 Å². The number of nitrogens with one attached hydrogen (secondary N) is 1. The summed E-state index contributed by atoms with van der Waals surface area (Å²) in [5.74, 6) is -0.924. The van der Waals surface area contributed by atoms with E-state index in [9.17, 15) is 22.7 Å². The molecule has 0 bridgehead atoms. The molecule has 0 aliphatic heterocycles. The van der Waals surface area contributed by atoms with Gasteiger partial charge >= 0.3 is 5.97 Å². The topological polar surface area (TPSA) is 92.7 Å². The normalized spacial score (nSPS) is 12.3. The Morgan fingerprint density at radius 3 is 2.38 bits per heavy atom. The first-order valence-electron chi connectivity index (χ1n) is 9.73. The zero-order valence-corrected chi connectivity index (χ0v) is 18.4. The molecule has 0 aromatic heterocycles. The Morgan fingerprint density at radius 1 is 1.03 bits per heavy atom. The van der Waals surface area contributed by atoms with Gasteiger partial charge in [0.1, 0.15) is 17.3 Å². The number of aliphatic carboxylic acids is 1. The third kappa shape index (κ3) is 6.78. The molecule has 3 rings (SSSR count).